The van der Waals surface area contributed by atoms with Crippen molar-refractivity contribution in [2.45, 2.75) is 26.3 Å². The summed E-state index contributed by atoms with van der Waals surface area (Å²) in [7, 11) is 0. The molecule has 0 spiro atoms. The number of aromatic nitrogens is 3. The minimum Gasteiger partial charge on any atom is -0.338 e. The van der Waals surface area contributed by atoms with Gasteiger partial charge in [-0.05, 0) is 36.6 Å². The summed E-state index contributed by atoms with van der Waals surface area (Å²) in [5, 5.41) is 3.14. The van der Waals surface area contributed by atoms with Crippen molar-refractivity contribution in [3.8, 4) is 11.4 Å². The fourth-order valence-corrected chi connectivity index (χ4v) is 3.93. The third kappa shape index (κ3) is 3.51. The normalized spacial score (nSPS) is 19.9. The summed E-state index contributed by atoms with van der Waals surface area (Å²) in [5.74, 6) is 1.53. The molecule has 1 aromatic carbocycles. The average molecular weight is 403 g/mol. The lowest BCUT2D eigenvalue weighted by Crippen LogP contribution is -2.38. The Bertz CT molecular complexity index is 1100. The van der Waals surface area contributed by atoms with Gasteiger partial charge in [0.15, 0.2) is 5.82 Å². The summed E-state index contributed by atoms with van der Waals surface area (Å²) in [6.45, 7) is 3.18. The number of carbonyl (C=O) groups is 1. The minimum absolute atomic E-state index is 0.131. The molecule has 2 atom stereocenters. The predicted molar refractivity (Wildman–Crippen MR) is 111 cm³/mol. The summed E-state index contributed by atoms with van der Waals surface area (Å²) in [6.07, 6.45) is 4.99. The van der Waals surface area contributed by atoms with Crippen LogP contribution in [0.1, 0.15) is 24.6 Å². The van der Waals surface area contributed by atoms with Crippen LogP contribution in [0.5, 0.6) is 0 Å². The van der Waals surface area contributed by atoms with E-state index in [0.717, 1.165) is 23.2 Å². The number of hydrogen-bond acceptors (Lipinski definition) is 5. The number of para-hydroxylation sites is 1. The highest BCUT2D eigenvalue weighted by atomic mass is 19.1. The number of benzene rings is 1. The fraction of sp³-hybridized carbons (Fsp3) is 0.304. The lowest BCUT2D eigenvalue weighted by molar-refractivity contribution is -0.133. The molecule has 3 aromatic rings. The van der Waals surface area contributed by atoms with Crippen LogP contribution in [0.3, 0.4) is 0 Å². The number of rotatable bonds is 4. The first-order valence-electron chi connectivity index (χ1n) is 10.2. The maximum Gasteiger partial charge on any atom is 0.226 e. The molecule has 2 aromatic heterocycles. The van der Waals surface area contributed by atoms with Crippen LogP contribution < -0.4 is 5.32 Å². The number of halogens is 1. The van der Waals surface area contributed by atoms with Crippen LogP contribution in [0.25, 0.3) is 11.4 Å². The molecule has 7 heteroatoms. The summed E-state index contributed by atoms with van der Waals surface area (Å²) in [5.41, 5.74) is 2.93. The molecular weight excluding hydrogens is 381 g/mol. The van der Waals surface area contributed by atoms with Crippen molar-refractivity contribution in [1.29, 1.82) is 0 Å². The van der Waals surface area contributed by atoms with E-state index in [2.05, 4.69) is 17.2 Å². The van der Waals surface area contributed by atoms with Crippen LogP contribution >= 0.6 is 0 Å². The second kappa shape index (κ2) is 7.48. The predicted octanol–water partition coefficient (Wildman–Crippen LogP) is 3.96. The molecule has 0 radical (unpaired) electrons. The molecule has 3 heterocycles. The van der Waals surface area contributed by atoms with Gasteiger partial charge in [-0.2, -0.15) is 0 Å². The molecular formula is C23H22FN5O. The number of nitrogens with one attached hydrogen (secondary N) is 1. The van der Waals surface area contributed by atoms with E-state index >= 15 is 0 Å². The van der Waals surface area contributed by atoms with Crippen molar-refractivity contribution < 1.29 is 9.18 Å². The zero-order valence-electron chi connectivity index (χ0n) is 16.7. The fourth-order valence-electron chi connectivity index (χ4n) is 3.93. The van der Waals surface area contributed by atoms with Gasteiger partial charge in [0, 0.05) is 42.4 Å². The largest absolute Gasteiger partial charge is 0.338 e. The van der Waals surface area contributed by atoms with Crippen molar-refractivity contribution in [2.24, 2.45) is 11.8 Å². The van der Waals surface area contributed by atoms with Crippen molar-refractivity contribution >= 4 is 17.4 Å². The van der Waals surface area contributed by atoms with Crippen molar-refractivity contribution in [3.63, 3.8) is 0 Å². The summed E-state index contributed by atoms with van der Waals surface area (Å²) in [6, 6.07) is 10.2. The number of carbonyl (C=O) groups excluding carboxylic acids is 1. The van der Waals surface area contributed by atoms with Gasteiger partial charge in [0.2, 0.25) is 5.91 Å². The number of fused-ring (bicyclic) bond motifs is 1. The maximum atomic E-state index is 14.3. The van der Waals surface area contributed by atoms with Crippen LogP contribution in [-0.2, 0) is 17.8 Å². The van der Waals surface area contributed by atoms with Crippen LogP contribution in [0.15, 0.2) is 48.8 Å². The molecule has 0 saturated heterocycles. The Balaban J connectivity index is 1.54. The van der Waals surface area contributed by atoms with Gasteiger partial charge in [-0.15, -0.1) is 0 Å². The van der Waals surface area contributed by atoms with Gasteiger partial charge < -0.3 is 10.2 Å². The first-order chi connectivity index (χ1) is 14.6. The van der Waals surface area contributed by atoms with E-state index < -0.39 is 0 Å². The Morgan fingerprint density at radius 2 is 1.93 bits per heavy atom. The van der Waals surface area contributed by atoms with Gasteiger partial charge in [0.1, 0.15) is 11.6 Å². The topological polar surface area (TPSA) is 71.0 Å². The highest BCUT2D eigenvalue weighted by Crippen LogP contribution is 2.40. The molecule has 1 saturated carbocycles. The molecule has 1 aliphatic heterocycles. The maximum absolute atomic E-state index is 14.3. The van der Waals surface area contributed by atoms with Crippen LogP contribution in [0.2, 0.25) is 0 Å². The van der Waals surface area contributed by atoms with Gasteiger partial charge in [-0.25, -0.2) is 14.4 Å². The number of pyridine rings is 1. The molecule has 1 fully saturated rings. The second-order valence-electron chi connectivity index (χ2n) is 7.99. The summed E-state index contributed by atoms with van der Waals surface area (Å²) >= 11 is 0. The number of anilines is 2. The zero-order valence-corrected chi connectivity index (χ0v) is 16.7. The van der Waals surface area contributed by atoms with E-state index in [1.54, 1.807) is 30.6 Å². The van der Waals surface area contributed by atoms with Gasteiger partial charge >= 0.3 is 0 Å². The Hall–Kier alpha value is -3.35. The number of hydrogen-bond donors (Lipinski definition) is 1. The third-order valence-electron chi connectivity index (χ3n) is 5.86. The molecule has 0 bridgehead atoms. The van der Waals surface area contributed by atoms with Crippen molar-refractivity contribution in [2.75, 3.05) is 11.9 Å². The van der Waals surface area contributed by atoms with Gasteiger partial charge in [0.05, 0.1) is 17.9 Å². The Morgan fingerprint density at radius 1 is 1.17 bits per heavy atom. The monoisotopic (exact) mass is 403 g/mol. The van der Waals surface area contributed by atoms with Crippen LogP contribution in [0, 0.1) is 17.7 Å². The molecule has 1 amide bonds. The number of amides is 1. The first-order valence-corrected chi connectivity index (χ1v) is 10.2. The molecule has 30 heavy (non-hydrogen) atoms. The Kier molecular flexibility index (Phi) is 4.65. The minimum atomic E-state index is -0.356. The van der Waals surface area contributed by atoms with Gasteiger partial charge in [-0.1, -0.05) is 19.1 Å². The summed E-state index contributed by atoms with van der Waals surface area (Å²) in [4.78, 5) is 28.2. The standard InChI is InChI=1S/C23H22FN5O/c1-14-12-16(14)23(30)29-11-8-19-17(13-29)22(27-20-5-3-2-4-18(20)24)28-21(26-19)15-6-9-25-10-7-15/h2-7,9-10,14,16H,8,11-13H2,1H3,(H,26,27,28)/t14-,16+/m1/s1. The Morgan fingerprint density at radius 3 is 2.67 bits per heavy atom. The second-order valence-corrected chi connectivity index (χ2v) is 7.99. The molecule has 1 N–H and O–H groups in total. The molecule has 152 valence electrons. The smallest absolute Gasteiger partial charge is 0.226 e. The summed E-state index contributed by atoms with van der Waals surface area (Å²) < 4.78 is 14.3. The van der Waals surface area contributed by atoms with Crippen molar-refractivity contribution in [1.82, 2.24) is 19.9 Å². The number of nitrogens with zero attached hydrogens (tertiary/aromatic N) is 4. The molecule has 0 unspecified atom stereocenters. The van der Waals surface area contributed by atoms with Gasteiger partial charge in [-0.3, -0.25) is 9.78 Å². The van der Waals surface area contributed by atoms with E-state index in [1.165, 1.54) is 6.07 Å². The van der Waals surface area contributed by atoms with E-state index in [0.29, 0.717) is 42.8 Å². The first kappa shape index (κ1) is 18.7. The van der Waals surface area contributed by atoms with Crippen LogP contribution in [0.4, 0.5) is 15.9 Å². The van der Waals surface area contributed by atoms with Crippen LogP contribution in [-0.4, -0.2) is 32.3 Å². The van der Waals surface area contributed by atoms with E-state index in [4.69, 9.17) is 9.97 Å². The molecule has 1 aliphatic carbocycles. The highest BCUT2D eigenvalue weighted by molar-refractivity contribution is 5.82. The quantitative estimate of drug-likeness (QED) is 0.714. The lowest BCUT2D eigenvalue weighted by atomic mass is 10.0. The SMILES string of the molecule is C[C@@H]1C[C@@H]1C(=O)N1CCc2nc(-c3ccncc3)nc(Nc3ccccc3F)c2C1. The van der Waals surface area contributed by atoms with E-state index in [-0.39, 0.29) is 17.6 Å². The van der Waals surface area contributed by atoms with E-state index in [1.807, 2.05) is 17.0 Å². The highest BCUT2D eigenvalue weighted by Gasteiger charge is 2.42. The lowest BCUT2D eigenvalue weighted by Gasteiger charge is -2.30. The molecule has 6 nitrogen and oxygen atoms in total. The van der Waals surface area contributed by atoms with Gasteiger partial charge in [0.25, 0.3) is 0 Å². The Labute approximate surface area is 174 Å². The van der Waals surface area contributed by atoms with E-state index in [9.17, 15) is 9.18 Å². The third-order valence-corrected chi connectivity index (χ3v) is 5.86. The zero-order chi connectivity index (χ0) is 20.7. The average Bonchev–Trinajstić information content (AvgIpc) is 3.51. The van der Waals surface area contributed by atoms with Crippen molar-refractivity contribution in [3.05, 3.63) is 65.9 Å². The molecule has 5 rings (SSSR count). The molecule has 2 aliphatic rings.